The van der Waals surface area contributed by atoms with E-state index >= 15 is 0 Å². The third-order valence-corrected chi connectivity index (χ3v) is 2.87. The summed E-state index contributed by atoms with van der Waals surface area (Å²) in [5.41, 5.74) is 0.560. The van der Waals surface area contributed by atoms with Crippen LogP contribution in [0.15, 0.2) is 18.2 Å². The first-order chi connectivity index (χ1) is 7.39. The zero-order valence-corrected chi connectivity index (χ0v) is 8.67. The monoisotopic (exact) mass is 231 g/mol. The molecule has 1 aromatic rings. The van der Waals surface area contributed by atoms with Gasteiger partial charge in [-0.25, -0.2) is 0 Å². The van der Waals surface area contributed by atoms with Gasteiger partial charge in [-0.15, -0.1) is 0 Å². The van der Waals surface area contributed by atoms with E-state index in [9.17, 15) is 18.3 Å². The molecule has 2 unspecified atom stereocenters. The van der Waals surface area contributed by atoms with Gasteiger partial charge in [0.15, 0.2) is 0 Å². The highest BCUT2D eigenvalue weighted by atomic mass is 19.4. The fourth-order valence-electron chi connectivity index (χ4n) is 1.97. The van der Waals surface area contributed by atoms with E-state index in [1.807, 2.05) is 0 Å². The minimum atomic E-state index is -4.33. The molecule has 0 bridgehead atoms. The molecule has 1 aliphatic rings. The summed E-state index contributed by atoms with van der Waals surface area (Å²) < 4.78 is 37.5. The molecule has 0 saturated heterocycles. The molecule has 2 nitrogen and oxygen atoms in total. The summed E-state index contributed by atoms with van der Waals surface area (Å²) in [6, 6.07) is 3.59. The lowest BCUT2D eigenvalue weighted by Gasteiger charge is -2.14. The van der Waals surface area contributed by atoms with Crippen LogP contribution in [0.25, 0.3) is 0 Å². The maximum absolute atomic E-state index is 12.5. The number of aliphatic hydroxyl groups is 1. The second-order valence-corrected chi connectivity index (χ2v) is 4.03. The molecule has 0 amide bonds. The Bertz CT molecular complexity index is 401. The van der Waals surface area contributed by atoms with E-state index in [0.29, 0.717) is 17.8 Å². The van der Waals surface area contributed by atoms with Crippen molar-refractivity contribution in [2.45, 2.75) is 25.1 Å². The van der Waals surface area contributed by atoms with Crippen LogP contribution in [0.3, 0.4) is 0 Å². The molecule has 1 aromatic carbocycles. The Morgan fingerprint density at radius 2 is 2.12 bits per heavy atom. The second-order valence-electron chi connectivity index (χ2n) is 4.03. The lowest BCUT2D eigenvalue weighted by molar-refractivity contribution is -0.137. The van der Waals surface area contributed by atoms with Gasteiger partial charge in [-0.2, -0.15) is 13.2 Å². The third kappa shape index (κ3) is 1.87. The fourth-order valence-corrected chi connectivity index (χ4v) is 1.97. The van der Waals surface area contributed by atoms with Gasteiger partial charge in [-0.3, -0.25) is 0 Å². The zero-order valence-electron chi connectivity index (χ0n) is 8.67. The number of nitrogens with one attached hydrogen (secondary N) is 1. The smallest absolute Gasteiger partial charge is 0.393 e. The van der Waals surface area contributed by atoms with Crippen LogP contribution in [-0.4, -0.2) is 17.8 Å². The number of rotatable bonds is 1. The molecule has 0 aliphatic carbocycles. The Kier molecular flexibility index (Phi) is 2.58. The summed E-state index contributed by atoms with van der Waals surface area (Å²) in [7, 11) is 0. The predicted molar refractivity (Wildman–Crippen MR) is 54.4 cm³/mol. The summed E-state index contributed by atoms with van der Waals surface area (Å²) in [6.45, 7) is 2.07. The van der Waals surface area contributed by atoms with Crippen molar-refractivity contribution < 1.29 is 18.3 Å². The van der Waals surface area contributed by atoms with Crippen molar-refractivity contribution in [1.82, 2.24) is 0 Å². The van der Waals surface area contributed by atoms with Gasteiger partial charge in [-0.05, 0) is 30.7 Å². The molecular formula is C11H12F3NO. The van der Waals surface area contributed by atoms with E-state index in [1.165, 1.54) is 6.07 Å². The Hall–Kier alpha value is -1.23. The first-order valence-corrected chi connectivity index (χ1v) is 5.02. The Balaban J connectivity index is 2.41. The molecule has 2 rings (SSSR count). The van der Waals surface area contributed by atoms with E-state index < -0.39 is 17.8 Å². The number of benzene rings is 1. The second kappa shape index (κ2) is 3.66. The summed E-state index contributed by atoms with van der Waals surface area (Å²) in [4.78, 5) is 0. The zero-order chi connectivity index (χ0) is 11.9. The van der Waals surface area contributed by atoms with Crippen LogP contribution in [0, 0.1) is 0 Å². The normalized spacial score (nSPS) is 21.4. The maximum atomic E-state index is 12.5. The van der Waals surface area contributed by atoms with Gasteiger partial charge in [0.05, 0.1) is 11.7 Å². The lowest BCUT2D eigenvalue weighted by atomic mass is 9.95. The highest BCUT2D eigenvalue weighted by Gasteiger charge is 2.34. The average molecular weight is 231 g/mol. The van der Waals surface area contributed by atoms with Crippen molar-refractivity contribution in [3.8, 4) is 0 Å². The van der Waals surface area contributed by atoms with Crippen molar-refractivity contribution in [2.75, 3.05) is 11.9 Å². The number of halogens is 3. The van der Waals surface area contributed by atoms with Crippen molar-refractivity contribution in [1.29, 1.82) is 0 Å². The van der Waals surface area contributed by atoms with Gasteiger partial charge in [0.2, 0.25) is 0 Å². The molecule has 16 heavy (non-hydrogen) atoms. The molecule has 1 aliphatic heterocycles. The van der Waals surface area contributed by atoms with Crippen molar-refractivity contribution in [3.05, 3.63) is 29.3 Å². The van der Waals surface area contributed by atoms with Crippen LogP contribution in [0.1, 0.15) is 24.0 Å². The highest BCUT2D eigenvalue weighted by Crippen LogP contribution is 2.38. The van der Waals surface area contributed by atoms with Crippen LogP contribution in [0.4, 0.5) is 18.9 Å². The number of anilines is 1. The molecule has 0 spiro atoms. The van der Waals surface area contributed by atoms with Crippen molar-refractivity contribution in [3.63, 3.8) is 0 Å². The van der Waals surface area contributed by atoms with Crippen molar-refractivity contribution >= 4 is 5.69 Å². The Morgan fingerprint density at radius 3 is 2.69 bits per heavy atom. The summed E-state index contributed by atoms with van der Waals surface area (Å²) in [5.74, 6) is -0.266. The van der Waals surface area contributed by atoms with E-state index in [1.54, 1.807) is 6.92 Å². The number of hydrogen-bond acceptors (Lipinski definition) is 2. The molecule has 88 valence electrons. The van der Waals surface area contributed by atoms with Gasteiger partial charge in [-0.1, -0.05) is 0 Å². The molecule has 5 heteroatoms. The Morgan fingerprint density at radius 1 is 1.44 bits per heavy atom. The predicted octanol–water partition coefficient (Wildman–Crippen LogP) is 2.60. The van der Waals surface area contributed by atoms with E-state index in [4.69, 9.17) is 0 Å². The lowest BCUT2D eigenvalue weighted by Crippen LogP contribution is -2.16. The summed E-state index contributed by atoms with van der Waals surface area (Å²) in [5, 5.41) is 12.5. The van der Waals surface area contributed by atoms with Crippen LogP contribution >= 0.6 is 0 Å². The van der Waals surface area contributed by atoms with Crippen LogP contribution in [0.2, 0.25) is 0 Å². The first-order valence-electron chi connectivity index (χ1n) is 5.02. The molecule has 0 fully saturated rings. The van der Waals surface area contributed by atoms with Gasteiger partial charge in [0, 0.05) is 18.2 Å². The highest BCUT2D eigenvalue weighted by molar-refractivity contribution is 5.59. The average Bonchev–Trinajstić information content (AvgIpc) is 2.58. The first kappa shape index (κ1) is 11.3. The number of fused-ring (bicyclic) bond motifs is 1. The quantitative estimate of drug-likeness (QED) is 0.778. The van der Waals surface area contributed by atoms with Gasteiger partial charge in [0.25, 0.3) is 0 Å². The molecule has 1 heterocycles. The number of hydrogen-bond donors (Lipinski definition) is 2. The van der Waals surface area contributed by atoms with Crippen molar-refractivity contribution in [2.24, 2.45) is 0 Å². The number of aliphatic hydroxyl groups excluding tert-OH is 1. The van der Waals surface area contributed by atoms with E-state index in [-0.39, 0.29) is 5.92 Å². The van der Waals surface area contributed by atoms with E-state index in [2.05, 4.69) is 5.32 Å². The van der Waals surface area contributed by atoms with Crippen LogP contribution < -0.4 is 5.32 Å². The minimum absolute atomic E-state index is 0.266. The SMILES string of the molecule is CC(O)C1CNc2ccc(C(F)(F)F)cc21. The Labute approximate surface area is 91.1 Å². The molecule has 2 atom stereocenters. The topological polar surface area (TPSA) is 32.3 Å². The van der Waals surface area contributed by atoms with Gasteiger partial charge < -0.3 is 10.4 Å². The molecular weight excluding hydrogens is 219 g/mol. The van der Waals surface area contributed by atoms with Gasteiger partial charge in [0.1, 0.15) is 0 Å². The maximum Gasteiger partial charge on any atom is 0.416 e. The minimum Gasteiger partial charge on any atom is -0.393 e. The largest absolute Gasteiger partial charge is 0.416 e. The molecule has 2 N–H and O–H groups in total. The number of alkyl halides is 3. The molecule has 0 saturated carbocycles. The van der Waals surface area contributed by atoms with Gasteiger partial charge >= 0.3 is 6.18 Å². The fraction of sp³-hybridized carbons (Fsp3) is 0.455. The summed E-state index contributed by atoms with van der Waals surface area (Å²) >= 11 is 0. The van der Waals surface area contributed by atoms with E-state index in [0.717, 1.165) is 12.1 Å². The summed E-state index contributed by atoms with van der Waals surface area (Å²) in [6.07, 6.45) is -4.99. The van der Waals surface area contributed by atoms with Crippen LogP contribution in [-0.2, 0) is 6.18 Å². The third-order valence-electron chi connectivity index (χ3n) is 2.87. The van der Waals surface area contributed by atoms with Crippen LogP contribution in [0.5, 0.6) is 0 Å². The molecule has 0 radical (unpaired) electrons. The molecule has 0 aromatic heterocycles. The standard InChI is InChI=1S/C11H12F3NO/c1-6(16)9-5-15-10-3-2-7(4-8(9)10)11(12,13)14/h2-4,6,9,15-16H,5H2,1H3.